The van der Waals surface area contributed by atoms with Crippen molar-refractivity contribution in [2.75, 3.05) is 12.8 Å². The van der Waals surface area contributed by atoms with Crippen molar-refractivity contribution < 1.29 is 14.3 Å². The summed E-state index contributed by atoms with van der Waals surface area (Å²) in [6, 6.07) is 5.87. The fraction of sp³-hybridized carbons (Fsp3) is 0.267. The van der Waals surface area contributed by atoms with E-state index in [-0.39, 0.29) is 17.9 Å². The fourth-order valence-electron chi connectivity index (χ4n) is 2.10. The van der Waals surface area contributed by atoms with Gasteiger partial charge in [-0.2, -0.15) is 5.10 Å². The van der Waals surface area contributed by atoms with Crippen LogP contribution in [-0.4, -0.2) is 29.1 Å². The molecule has 0 radical (unpaired) electrons. The van der Waals surface area contributed by atoms with Crippen LogP contribution in [0.5, 0.6) is 0 Å². The minimum Gasteiger partial charge on any atom is -0.468 e. The number of carbonyl (C=O) groups is 2. The molecule has 0 saturated heterocycles. The quantitative estimate of drug-likeness (QED) is 0.683. The number of carbonyl (C=O) groups excluding carboxylic acids is 2. The molecule has 0 fully saturated rings. The van der Waals surface area contributed by atoms with Gasteiger partial charge in [0, 0.05) is 5.56 Å². The zero-order valence-electron chi connectivity index (χ0n) is 12.2. The average molecular weight is 287 g/mol. The van der Waals surface area contributed by atoms with Gasteiger partial charge in [-0.05, 0) is 25.5 Å². The Kier molecular flexibility index (Phi) is 4.07. The van der Waals surface area contributed by atoms with E-state index >= 15 is 0 Å². The van der Waals surface area contributed by atoms with Crippen LogP contribution in [0.25, 0.3) is 11.3 Å². The number of aromatic nitrogens is 2. The molecule has 6 nitrogen and oxygen atoms in total. The molecular weight excluding hydrogens is 270 g/mol. The van der Waals surface area contributed by atoms with Gasteiger partial charge in [0.25, 0.3) is 0 Å². The van der Waals surface area contributed by atoms with E-state index in [0.29, 0.717) is 12.0 Å². The molecular formula is C15H17N3O3. The van der Waals surface area contributed by atoms with E-state index in [1.807, 2.05) is 32.0 Å². The molecule has 0 unspecified atom stereocenters. The average Bonchev–Trinajstić information content (AvgIpc) is 2.77. The zero-order valence-corrected chi connectivity index (χ0v) is 12.2. The Balaban J connectivity index is 2.58. The summed E-state index contributed by atoms with van der Waals surface area (Å²) in [5.74, 6) is -0.319. The minimum atomic E-state index is -0.478. The monoisotopic (exact) mass is 287 g/mol. The maximum absolute atomic E-state index is 11.4. The number of nitrogens with zero attached hydrogens (tertiary/aromatic N) is 2. The van der Waals surface area contributed by atoms with E-state index in [2.05, 4.69) is 9.84 Å². The molecule has 1 aromatic carbocycles. The highest BCUT2D eigenvalue weighted by molar-refractivity contribution is 5.92. The predicted octanol–water partition coefficient (Wildman–Crippen LogP) is 1.73. The Labute approximate surface area is 122 Å². The number of benzene rings is 1. The molecule has 0 amide bonds. The van der Waals surface area contributed by atoms with Crippen LogP contribution in [-0.2, 0) is 16.1 Å². The first-order chi connectivity index (χ1) is 9.97. The van der Waals surface area contributed by atoms with Crippen LogP contribution in [0.3, 0.4) is 0 Å². The van der Waals surface area contributed by atoms with Crippen LogP contribution in [0.4, 0.5) is 5.82 Å². The number of hydrogen-bond donors (Lipinski definition) is 1. The molecule has 6 heteroatoms. The van der Waals surface area contributed by atoms with Crippen molar-refractivity contribution in [3.8, 4) is 11.3 Å². The van der Waals surface area contributed by atoms with Crippen LogP contribution in [0.1, 0.15) is 21.5 Å². The lowest BCUT2D eigenvalue weighted by Crippen LogP contribution is -2.14. The van der Waals surface area contributed by atoms with Gasteiger partial charge in [0.2, 0.25) is 0 Å². The second-order valence-electron chi connectivity index (χ2n) is 4.82. The molecule has 2 aromatic rings. The number of hydrogen-bond acceptors (Lipinski definition) is 5. The van der Waals surface area contributed by atoms with E-state index in [9.17, 15) is 9.59 Å². The van der Waals surface area contributed by atoms with E-state index in [4.69, 9.17) is 5.73 Å². The SMILES string of the molecule is COC(=O)Cn1nc(-c2cc(C)ccc2C)c(C=O)c1N. The molecule has 0 atom stereocenters. The largest absolute Gasteiger partial charge is 0.468 e. The van der Waals surface area contributed by atoms with Gasteiger partial charge in [0.15, 0.2) is 6.29 Å². The number of aryl methyl sites for hydroxylation is 2. The summed E-state index contributed by atoms with van der Waals surface area (Å²) in [5, 5.41) is 4.30. The number of anilines is 1. The second-order valence-corrected chi connectivity index (χ2v) is 4.82. The Bertz CT molecular complexity index is 704. The topological polar surface area (TPSA) is 87.2 Å². The predicted molar refractivity (Wildman–Crippen MR) is 79.0 cm³/mol. The smallest absolute Gasteiger partial charge is 0.327 e. The van der Waals surface area contributed by atoms with Crippen molar-refractivity contribution in [2.45, 2.75) is 20.4 Å². The van der Waals surface area contributed by atoms with Gasteiger partial charge in [-0.15, -0.1) is 0 Å². The maximum atomic E-state index is 11.4. The first-order valence-corrected chi connectivity index (χ1v) is 6.43. The molecule has 0 aliphatic carbocycles. The van der Waals surface area contributed by atoms with Crippen molar-refractivity contribution in [1.29, 1.82) is 0 Å². The highest BCUT2D eigenvalue weighted by Crippen LogP contribution is 2.29. The Hall–Kier alpha value is -2.63. The second kappa shape index (κ2) is 5.78. The molecule has 2 N–H and O–H groups in total. The summed E-state index contributed by atoms with van der Waals surface area (Å²) in [4.78, 5) is 22.7. The van der Waals surface area contributed by atoms with Gasteiger partial charge in [-0.3, -0.25) is 9.59 Å². The highest BCUT2D eigenvalue weighted by atomic mass is 16.5. The summed E-state index contributed by atoms with van der Waals surface area (Å²) in [6.07, 6.45) is 0.660. The minimum absolute atomic E-state index is 0.131. The van der Waals surface area contributed by atoms with Crippen LogP contribution < -0.4 is 5.73 Å². The van der Waals surface area contributed by atoms with Gasteiger partial charge in [-0.25, -0.2) is 4.68 Å². The van der Waals surface area contributed by atoms with Crippen LogP contribution in [0.2, 0.25) is 0 Å². The summed E-state index contributed by atoms with van der Waals surface area (Å²) in [5.41, 5.74) is 9.52. The lowest BCUT2D eigenvalue weighted by Gasteiger charge is -2.04. The van der Waals surface area contributed by atoms with E-state index in [1.54, 1.807) is 0 Å². The van der Waals surface area contributed by atoms with Crippen molar-refractivity contribution in [3.05, 3.63) is 34.9 Å². The molecule has 0 spiro atoms. The number of nitrogens with two attached hydrogens (primary N) is 1. The Morgan fingerprint density at radius 2 is 2.14 bits per heavy atom. The van der Waals surface area contributed by atoms with Crippen molar-refractivity contribution in [1.82, 2.24) is 9.78 Å². The standard InChI is InChI=1S/C15H17N3O3/c1-9-4-5-10(2)11(6-9)14-12(8-19)15(16)18(17-14)7-13(20)21-3/h4-6,8H,7,16H2,1-3H3. The Morgan fingerprint density at radius 3 is 2.76 bits per heavy atom. The van der Waals surface area contributed by atoms with Crippen LogP contribution >= 0.6 is 0 Å². The summed E-state index contributed by atoms with van der Waals surface area (Å²) >= 11 is 0. The summed E-state index contributed by atoms with van der Waals surface area (Å²) in [7, 11) is 1.29. The van der Waals surface area contributed by atoms with Crippen LogP contribution in [0.15, 0.2) is 18.2 Å². The molecule has 1 aromatic heterocycles. The highest BCUT2D eigenvalue weighted by Gasteiger charge is 2.19. The summed E-state index contributed by atoms with van der Waals surface area (Å²) < 4.78 is 5.88. The van der Waals surface area contributed by atoms with Crippen molar-refractivity contribution in [3.63, 3.8) is 0 Å². The number of ether oxygens (including phenoxy) is 1. The van der Waals surface area contributed by atoms with Gasteiger partial charge in [0.1, 0.15) is 18.1 Å². The normalized spacial score (nSPS) is 10.4. The first kappa shape index (κ1) is 14.8. The molecule has 110 valence electrons. The molecule has 21 heavy (non-hydrogen) atoms. The van der Waals surface area contributed by atoms with Crippen molar-refractivity contribution >= 4 is 18.1 Å². The van der Waals surface area contributed by atoms with E-state index in [1.165, 1.54) is 11.8 Å². The van der Waals surface area contributed by atoms with Gasteiger partial charge < -0.3 is 10.5 Å². The molecule has 0 bridgehead atoms. The molecule has 2 rings (SSSR count). The lowest BCUT2D eigenvalue weighted by molar-refractivity contribution is -0.141. The van der Waals surface area contributed by atoms with E-state index < -0.39 is 5.97 Å². The summed E-state index contributed by atoms with van der Waals surface area (Å²) in [6.45, 7) is 3.76. The number of aldehydes is 1. The van der Waals surface area contributed by atoms with Crippen molar-refractivity contribution in [2.24, 2.45) is 0 Å². The first-order valence-electron chi connectivity index (χ1n) is 6.43. The third kappa shape index (κ3) is 2.79. The van der Waals surface area contributed by atoms with Gasteiger partial charge >= 0.3 is 5.97 Å². The zero-order chi connectivity index (χ0) is 15.6. The third-order valence-electron chi connectivity index (χ3n) is 3.30. The maximum Gasteiger partial charge on any atom is 0.327 e. The molecule has 1 heterocycles. The number of methoxy groups -OCH3 is 1. The third-order valence-corrected chi connectivity index (χ3v) is 3.30. The molecule has 0 saturated carbocycles. The number of nitrogen functional groups attached to an aromatic ring is 1. The Morgan fingerprint density at radius 1 is 1.43 bits per heavy atom. The van der Waals surface area contributed by atoms with Gasteiger partial charge in [-0.1, -0.05) is 17.7 Å². The van der Waals surface area contributed by atoms with Crippen LogP contribution in [0, 0.1) is 13.8 Å². The molecule has 0 aliphatic heterocycles. The van der Waals surface area contributed by atoms with E-state index in [0.717, 1.165) is 16.7 Å². The van der Waals surface area contributed by atoms with Gasteiger partial charge in [0.05, 0.1) is 12.7 Å². The molecule has 0 aliphatic rings. The number of esters is 1. The number of rotatable bonds is 4. The lowest BCUT2D eigenvalue weighted by atomic mass is 10.0. The fourth-order valence-corrected chi connectivity index (χ4v) is 2.10.